The minimum absolute atomic E-state index is 0.730. The Kier molecular flexibility index (Phi) is 5.76. The minimum atomic E-state index is 0.730. The number of hydrogen-bond acceptors (Lipinski definition) is 3. The van der Waals surface area contributed by atoms with E-state index in [1.807, 2.05) is 48.5 Å². The lowest BCUT2D eigenvalue weighted by Gasteiger charge is -2.07. The fourth-order valence-electron chi connectivity index (χ4n) is 1.76. The van der Waals surface area contributed by atoms with E-state index in [-0.39, 0.29) is 0 Å². The van der Waals surface area contributed by atoms with E-state index in [1.54, 1.807) is 6.08 Å². The van der Waals surface area contributed by atoms with Gasteiger partial charge in [-0.05, 0) is 48.6 Å². The van der Waals surface area contributed by atoms with Gasteiger partial charge in [-0.1, -0.05) is 30.9 Å². The van der Waals surface area contributed by atoms with Crippen LogP contribution in [0.5, 0.6) is 5.75 Å². The molecule has 3 rings (SSSR count). The SMILES string of the molecule is C=Cc1ccc(OCC2CC2)cc1N.Sc1ccccc1. The maximum atomic E-state index is 5.80. The first kappa shape index (κ1) is 15.5. The summed E-state index contributed by atoms with van der Waals surface area (Å²) in [4.78, 5) is 1.02. The summed E-state index contributed by atoms with van der Waals surface area (Å²) < 4.78 is 5.60. The Labute approximate surface area is 132 Å². The van der Waals surface area contributed by atoms with Crippen molar-refractivity contribution in [3.05, 3.63) is 60.7 Å². The highest BCUT2D eigenvalue weighted by Crippen LogP contribution is 2.30. The van der Waals surface area contributed by atoms with Crippen molar-refractivity contribution in [1.29, 1.82) is 0 Å². The predicted molar refractivity (Wildman–Crippen MR) is 92.9 cm³/mol. The van der Waals surface area contributed by atoms with Crippen LogP contribution in [0.4, 0.5) is 5.69 Å². The minimum Gasteiger partial charge on any atom is -0.493 e. The van der Waals surface area contributed by atoms with Crippen LogP contribution in [0.15, 0.2) is 60.0 Å². The second kappa shape index (κ2) is 7.79. The molecule has 1 fully saturated rings. The van der Waals surface area contributed by atoms with Crippen molar-refractivity contribution in [2.45, 2.75) is 17.7 Å². The second-order valence-electron chi connectivity index (χ2n) is 5.08. The number of hydrogen-bond donors (Lipinski definition) is 2. The van der Waals surface area contributed by atoms with Crippen LogP contribution in [-0.2, 0) is 0 Å². The number of ether oxygens (including phenoxy) is 1. The first-order chi connectivity index (χ1) is 10.2. The van der Waals surface area contributed by atoms with Gasteiger partial charge in [0, 0.05) is 16.6 Å². The summed E-state index contributed by atoms with van der Waals surface area (Å²) in [5.74, 6) is 1.63. The molecule has 0 bridgehead atoms. The van der Waals surface area contributed by atoms with Gasteiger partial charge in [0.2, 0.25) is 0 Å². The van der Waals surface area contributed by atoms with Crippen LogP contribution in [0.2, 0.25) is 0 Å². The normalized spacial score (nSPS) is 13.0. The van der Waals surface area contributed by atoms with Crippen LogP contribution >= 0.6 is 12.6 Å². The van der Waals surface area contributed by atoms with Crippen molar-refractivity contribution >= 4 is 24.4 Å². The average molecular weight is 299 g/mol. The topological polar surface area (TPSA) is 35.2 Å². The summed E-state index contributed by atoms with van der Waals surface area (Å²) in [6.45, 7) is 4.51. The van der Waals surface area contributed by atoms with E-state index in [9.17, 15) is 0 Å². The molecule has 2 nitrogen and oxygen atoms in total. The molecule has 0 radical (unpaired) electrons. The molecule has 2 aromatic rings. The zero-order valence-electron chi connectivity index (χ0n) is 12.0. The number of nitrogens with two attached hydrogens (primary N) is 1. The van der Waals surface area contributed by atoms with Crippen LogP contribution in [0.1, 0.15) is 18.4 Å². The molecular weight excluding hydrogens is 278 g/mol. The second-order valence-corrected chi connectivity index (χ2v) is 5.60. The van der Waals surface area contributed by atoms with Crippen LogP contribution in [0, 0.1) is 5.92 Å². The molecule has 0 aromatic heterocycles. The van der Waals surface area contributed by atoms with Gasteiger partial charge >= 0.3 is 0 Å². The van der Waals surface area contributed by atoms with Crippen molar-refractivity contribution in [2.24, 2.45) is 5.92 Å². The van der Waals surface area contributed by atoms with Gasteiger partial charge in [-0.15, -0.1) is 12.6 Å². The number of rotatable bonds is 4. The Balaban J connectivity index is 0.000000194. The van der Waals surface area contributed by atoms with E-state index < -0.39 is 0 Å². The van der Waals surface area contributed by atoms with E-state index in [4.69, 9.17) is 10.5 Å². The molecule has 1 saturated carbocycles. The van der Waals surface area contributed by atoms with Crippen molar-refractivity contribution in [3.63, 3.8) is 0 Å². The third kappa shape index (κ3) is 5.56. The Morgan fingerprint density at radius 3 is 2.38 bits per heavy atom. The summed E-state index contributed by atoms with van der Waals surface area (Å²) in [7, 11) is 0. The highest BCUT2D eigenvalue weighted by molar-refractivity contribution is 7.80. The van der Waals surface area contributed by atoms with E-state index in [2.05, 4.69) is 19.2 Å². The number of anilines is 1. The lowest BCUT2D eigenvalue weighted by atomic mass is 10.2. The van der Waals surface area contributed by atoms with Gasteiger partial charge in [0.15, 0.2) is 0 Å². The number of nitrogen functional groups attached to an aromatic ring is 1. The maximum Gasteiger partial charge on any atom is 0.121 e. The summed E-state index contributed by atoms with van der Waals surface area (Å²) in [5, 5.41) is 0. The fourth-order valence-corrected chi connectivity index (χ4v) is 1.93. The molecule has 0 spiro atoms. The van der Waals surface area contributed by atoms with Crippen LogP contribution < -0.4 is 10.5 Å². The molecule has 1 aliphatic rings. The first-order valence-electron chi connectivity index (χ1n) is 7.08. The molecular formula is C18H21NOS. The summed E-state index contributed by atoms with van der Waals surface area (Å²) >= 11 is 4.08. The zero-order valence-corrected chi connectivity index (χ0v) is 12.9. The van der Waals surface area contributed by atoms with Gasteiger partial charge < -0.3 is 10.5 Å². The molecule has 110 valence electrons. The van der Waals surface area contributed by atoms with Gasteiger partial charge in [-0.25, -0.2) is 0 Å². The predicted octanol–water partition coefficient (Wildman–Crippen LogP) is 4.68. The van der Waals surface area contributed by atoms with Gasteiger partial charge in [0.25, 0.3) is 0 Å². The Bertz CT molecular complexity index is 579. The Morgan fingerprint density at radius 1 is 1.19 bits per heavy atom. The van der Waals surface area contributed by atoms with Crippen molar-refractivity contribution in [2.75, 3.05) is 12.3 Å². The first-order valence-corrected chi connectivity index (χ1v) is 7.52. The summed E-state index contributed by atoms with van der Waals surface area (Å²) in [6.07, 6.45) is 4.36. The molecule has 0 saturated heterocycles. The quantitative estimate of drug-likeness (QED) is 0.635. The molecule has 0 aliphatic heterocycles. The van der Waals surface area contributed by atoms with E-state index >= 15 is 0 Å². The highest BCUT2D eigenvalue weighted by Gasteiger charge is 2.21. The van der Waals surface area contributed by atoms with Crippen LogP contribution in [-0.4, -0.2) is 6.61 Å². The van der Waals surface area contributed by atoms with Crippen molar-refractivity contribution < 1.29 is 4.74 Å². The van der Waals surface area contributed by atoms with Crippen molar-refractivity contribution in [3.8, 4) is 5.75 Å². The highest BCUT2D eigenvalue weighted by atomic mass is 32.1. The van der Waals surface area contributed by atoms with E-state index in [0.29, 0.717) is 0 Å². The number of benzene rings is 2. The van der Waals surface area contributed by atoms with Gasteiger partial charge in [-0.3, -0.25) is 0 Å². The molecule has 1 aliphatic carbocycles. The van der Waals surface area contributed by atoms with E-state index in [0.717, 1.165) is 34.4 Å². The van der Waals surface area contributed by atoms with Crippen LogP contribution in [0.3, 0.4) is 0 Å². The van der Waals surface area contributed by atoms with Gasteiger partial charge in [0.1, 0.15) is 5.75 Å². The maximum absolute atomic E-state index is 5.80. The number of thiol groups is 1. The summed E-state index contributed by atoms with van der Waals surface area (Å²) in [5.41, 5.74) is 7.49. The summed E-state index contributed by atoms with van der Waals surface area (Å²) in [6, 6.07) is 15.5. The molecule has 0 amide bonds. The smallest absolute Gasteiger partial charge is 0.121 e. The van der Waals surface area contributed by atoms with Gasteiger partial charge in [-0.2, -0.15) is 0 Å². The van der Waals surface area contributed by atoms with Crippen LogP contribution in [0.25, 0.3) is 6.08 Å². The fraction of sp³-hybridized carbons (Fsp3) is 0.222. The molecule has 0 atom stereocenters. The molecule has 21 heavy (non-hydrogen) atoms. The standard InChI is InChI=1S/C12H15NO.C6H6S/c1-2-10-5-6-11(7-12(10)13)14-8-9-3-4-9;7-6-4-2-1-3-5-6/h2,5-7,9H,1,3-4,8,13H2;1-5,7H. The zero-order chi connectivity index (χ0) is 15.1. The Hall–Kier alpha value is -1.87. The van der Waals surface area contributed by atoms with Gasteiger partial charge in [0.05, 0.1) is 6.61 Å². The van der Waals surface area contributed by atoms with Crippen molar-refractivity contribution in [1.82, 2.24) is 0 Å². The molecule has 0 heterocycles. The molecule has 0 unspecified atom stereocenters. The average Bonchev–Trinajstić information content (AvgIpc) is 3.31. The monoisotopic (exact) mass is 299 g/mol. The largest absolute Gasteiger partial charge is 0.493 e. The molecule has 2 aromatic carbocycles. The molecule has 2 N–H and O–H groups in total. The third-order valence-corrected chi connectivity index (χ3v) is 3.52. The molecule has 3 heteroatoms. The Morgan fingerprint density at radius 2 is 1.90 bits per heavy atom. The lowest BCUT2D eigenvalue weighted by Crippen LogP contribution is -1.99. The lowest BCUT2D eigenvalue weighted by molar-refractivity contribution is 0.300. The third-order valence-electron chi connectivity index (χ3n) is 3.22. The van der Waals surface area contributed by atoms with E-state index in [1.165, 1.54) is 12.8 Å².